The molecule has 0 unspecified atom stereocenters. The second-order valence-corrected chi connectivity index (χ2v) is 16.7. The molecule has 0 fully saturated rings. The normalized spacial score (nSPS) is 11.6. The average molecular weight is 841 g/mol. The fraction of sp³-hybridized carbons (Fsp3) is 0. The van der Waals surface area contributed by atoms with Crippen LogP contribution in [-0.2, 0) is 0 Å². The van der Waals surface area contributed by atoms with E-state index >= 15 is 0 Å². The number of nitrogens with zero attached hydrogens (tertiary/aromatic N) is 6. The molecule has 0 radical (unpaired) electrons. The Morgan fingerprint density at radius 2 is 0.939 bits per heavy atom. The number of nitriles is 1. The summed E-state index contributed by atoms with van der Waals surface area (Å²) in [6.07, 6.45) is 0. The Hall–Kier alpha value is -9.36. The number of fused-ring (bicyclic) bond motifs is 11. The molecular weight excluding hydrogens is 805 g/mol. The van der Waals surface area contributed by atoms with Crippen LogP contribution in [0.5, 0.6) is 0 Å². The summed E-state index contributed by atoms with van der Waals surface area (Å²) in [5.41, 5.74) is 12.4. The zero-order valence-electron chi connectivity index (χ0n) is 35.5. The SMILES string of the molecule is [C-]#[N+]c1cc(-n2c3ccc(N(c4ccccc4)c4ccccc4)cc3c3cc4c5ccccc5n(-c5ccccc5)c4cc32)c(C#N)cc1-n1c2ccccc2c2c3ccccc3ccc21. The zero-order valence-corrected chi connectivity index (χ0v) is 35.5. The Morgan fingerprint density at radius 3 is 1.65 bits per heavy atom. The van der Waals surface area contributed by atoms with Crippen LogP contribution in [0, 0.1) is 17.9 Å². The lowest BCUT2D eigenvalue weighted by atomic mass is 10.0. The number of rotatable bonds is 6. The van der Waals surface area contributed by atoms with Crippen molar-refractivity contribution in [2.45, 2.75) is 0 Å². The summed E-state index contributed by atoms with van der Waals surface area (Å²) in [7, 11) is 0. The van der Waals surface area contributed by atoms with Gasteiger partial charge in [0.2, 0.25) is 5.69 Å². The third-order valence-electron chi connectivity index (χ3n) is 13.2. The van der Waals surface area contributed by atoms with Gasteiger partial charge in [0.15, 0.2) is 0 Å². The fourth-order valence-electron chi connectivity index (χ4n) is 10.4. The van der Waals surface area contributed by atoms with Gasteiger partial charge >= 0.3 is 0 Å². The quantitative estimate of drug-likeness (QED) is 0.157. The fourth-order valence-corrected chi connectivity index (χ4v) is 10.4. The maximum atomic E-state index is 11.3. The molecule has 0 atom stereocenters. The highest BCUT2D eigenvalue weighted by Gasteiger charge is 2.24. The van der Waals surface area contributed by atoms with Gasteiger partial charge in [0.1, 0.15) is 6.07 Å². The van der Waals surface area contributed by atoms with Crippen LogP contribution >= 0.6 is 0 Å². The minimum Gasteiger partial charge on any atom is -0.319 e. The van der Waals surface area contributed by atoms with E-state index in [1.54, 1.807) is 0 Å². The van der Waals surface area contributed by atoms with Crippen molar-refractivity contribution >= 4 is 98.9 Å². The number of aromatic nitrogens is 3. The van der Waals surface area contributed by atoms with Gasteiger partial charge in [0, 0.05) is 55.1 Å². The van der Waals surface area contributed by atoms with E-state index in [1.807, 2.05) is 36.4 Å². The molecule has 13 rings (SSSR count). The van der Waals surface area contributed by atoms with Crippen LogP contribution in [0.1, 0.15) is 5.56 Å². The predicted molar refractivity (Wildman–Crippen MR) is 273 cm³/mol. The van der Waals surface area contributed by atoms with Gasteiger partial charge < -0.3 is 18.6 Å². The third-order valence-corrected chi connectivity index (χ3v) is 13.2. The third kappa shape index (κ3) is 5.46. The molecular formula is C60H36N6. The first-order chi connectivity index (χ1) is 32.7. The Bertz CT molecular complexity index is 4140. The zero-order chi connectivity index (χ0) is 43.9. The molecule has 0 spiro atoms. The molecule has 10 aromatic carbocycles. The van der Waals surface area contributed by atoms with Crippen molar-refractivity contribution in [1.29, 1.82) is 5.26 Å². The Morgan fingerprint density at radius 1 is 0.394 bits per heavy atom. The minimum absolute atomic E-state index is 0.449. The average Bonchev–Trinajstić information content (AvgIpc) is 4.01. The standard InChI is InChI=1S/C60H36N6/c1-62-51-36-56(40(38-61)33-59(51)65-53-28-16-14-26-47(53)60-45-24-12-11-17-39(45)29-31-55(60)65)66-54-32-30-44(63(41-18-5-2-6-19-41)42-20-7-3-8-21-42)34-48(54)50-35-49-46-25-13-15-27-52(46)64(57(49)37-58(50)66)43-22-9-4-10-23-43/h2-37H. The summed E-state index contributed by atoms with van der Waals surface area (Å²) >= 11 is 0. The Kier molecular flexibility index (Phi) is 8.24. The first kappa shape index (κ1) is 37.2. The van der Waals surface area contributed by atoms with Gasteiger partial charge in [0.05, 0.1) is 56.6 Å². The largest absolute Gasteiger partial charge is 0.319 e. The van der Waals surface area contributed by atoms with E-state index in [-0.39, 0.29) is 0 Å². The molecule has 0 aliphatic carbocycles. The van der Waals surface area contributed by atoms with E-state index in [0.29, 0.717) is 22.6 Å². The second-order valence-electron chi connectivity index (χ2n) is 16.7. The van der Waals surface area contributed by atoms with Gasteiger partial charge in [0.25, 0.3) is 0 Å². The number of benzene rings is 10. The van der Waals surface area contributed by atoms with Crippen LogP contribution in [0.15, 0.2) is 218 Å². The van der Waals surface area contributed by atoms with Crippen molar-refractivity contribution in [2.24, 2.45) is 0 Å². The summed E-state index contributed by atoms with van der Waals surface area (Å²) in [5, 5.41) is 20.2. The van der Waals surface area contributed by atoms with Crippen molar-refractivity contribution in [1.82, 2.24) is 13.7 Å². The molecule has 0 aliphatic heterocycles. The lowest BCUT2D eigenvalue weighted by Gasteiger charge is -2.25. The number of hydrogen-bond donors (Lipinski definition) is 0. The number of hydrogen-bond acceptors (Lipinski definition) is 2. The van der Waals surface area contributed by atoms with Crippen LogP contribution in [-0.4, -0.2) is 13.7 Å². The van der Waals surface area contributed by atoms with E-state index in [2.05, 4.69) is 212 Å². The van der Waals surface area contributed by atoms with Crippen molar-refractivity contribution in [3.8, 4) is 23.1 Å². The number of para-hydroxylation sites is 5. The van der Waals surface area contributed by atoms with Crippen LogP contribution in [0.3, 0.4) is 0 Å². The van der Waals surface area contributed by atoms with Crippen LogP contribution in [0.4, 0.5) is 22.7 Å². The van der Waals surface area contributed by atoms with E-state index in [0.717, 1.165) is 98.9 Å². The van der Waals surface area contributed by atoms with Crippen LogP contribution in [0.25, 0.3) is 98.1 Å². The summed E-state index contributed by atoms with van der Waals surface area (Å²) in [6.45, 7) is 8.75. The number of anilines is 3. The topological polar surface area (TPSA) is 46.2 Å². The van der Waals surface area contributed by atoms with Crippen molar-refractivity contribution in [3.63, 3.8) is 0 Å². The molecule has 306 valence electrons. The van der Waals surface area contributed by atoms with Gasteiger partial charge in [-0.05, 0) is 108 Å². The molecule has 3 aromatic heterocycles. The van der Waals surface area contributed by atoms with Gasteiger partial charge in [-0.2, -0.15) is 5.26 Å². The van der Waals surface area contributed by atoms with Crippen molar-refractivity contribution in [2.75, 3.05) is 4.90 Å². The van der Waals surface area contributed by atoms with Crippen molar-refractivity contribution in [3.05, 3.63) is 235 Å². The lowest BCUT2D eigenvalue weighted by Crippen LogP contribution is -2.09. The summed E-state index contributed by atoms with van der Waals surface area (Å²) < 4.78 is 6.69. The monoisotopic (exact) mass is 840 g/mol. The summed E-state index contributed by atoms with van der Waals surface area (Å²) in [4.78, 5) is 6.52. The van der Waals surface area contributed by atoms with Crippen LogP contribution < -0.4 is 4.90 Å². The Balaban J connectivity index is 1.13. The molecule has 6 nitrogen and oxygen atoms in total. The molecule has 13 aromatic rings. The molecule has 3 heterocycles. The molecule has 0 aliphatic rings. The van der Waals surface area contributed by atoms with E-state index in [1.165, 1.54) is 0 Å². The maximum absolute atomic E-state index is 11.3. The van der Waals surface area contributed by atoms with E-state index < -0.39 is 0 Å². The summed E-state index contributed by atoms with van der Waals surface area (Å²) in [5.74, 6) is 0. The van der Waals surface area contributed by atoms with Gasteiger partial charge in [-0.1, -0.05) is 121 Å². The molecule has 0 saturated carbocycles. The molecule has 6 heteroatoms. The highest BCUT2D eigenvalue weighted by Crippen LogP contribution is 2.45. The predicted octanol–water partition coefficient (Wildman–Crippen LogP) is 16.0. The van der Waals surface area contributed by atoms with Crippen LogP contribution in [0.2, 0.25) is 0 Å². The highest BCUT2D eigenvalue weighted by atomic mass is 15.1. The first-order valence-electron chi connectivity index (χ1n) is 22.0. The first-order valence-corrected chi connectivity index (χ1v) is 22.0. The second kappa shape index (κ2) is 14.6. The van der Waals surface area contributed by atoms with Crippen molar-refractivity contribution < 1.29 is 0 Å². The van der Waals surface area contributed by atoms with E-state index in [4.69, 9.17) is 6.57 Å². The highest BCUT2D eigenvalue weighted by molar-refractivity contribution is 6.22. The van der Waals surface area contributed by atoms with E-state index in [9.17, 15) is 5.26 Å². The lowest BCUT2D eigenvalue weighted by molar-refractivity contribution is 1.14. The molecule has 66 heavy (non-hydrogen) atoms. The van der Waals surface area contributed by atoms with Gasteiger partial charge in [-0.25, -0.2) is 4.85 Å². The molecule has 0 saturated heterocycles. The molecule has 0 bridgehead atoms. The maximum Gasteiger partial charge on any atom is 0.212 e. The smallest absolute Gasteiger partial charge is 0.212 e. The van der Waals surface area contributed by atoms with Gasteiger partial charge in [-0.3, -0.25) is 0 Å². The molecule has 0 N–H and O–H groups in total. The van der Waals surface area contributed by atoms with Gasteiger partial charge in [-0.15, -0.1) is 0 Å². The minimum atomic E-state index is 0.449. The Labute approximate surface area is 379 Å². The molecule has 0 amide bonds. The summed E-state index contributed by atoms with van der Waals surface area (Å²) in [6, 6.07) is 78.7.